The van der Waals surface area contributed by atoms with Gasteiger partial charge in [-0.2, -0.15) is 0 Å². The smallest absolute Gasteiger partial charge is 0.191 e. The molecule has 21 heavy (non-hydrogen) atoms. The Morgan fingerprint density at radius 3 is 2.67 bits per heavy atom. The van der Waals surface area contributed by atoms with Gasteiger partial charge in [-0.3, -0.25) is 0 Å². The summed E-state index contributed by atoms with van der Waals surface area (Å²) in [5.41, 5.74) is 2.15. The quantitative estimate of drug-likeness (QED) is 0.632. The molecule has 0 aliphatic carbocycles. The van der Waals surface area contributed by atoms with Crippen LogP contribution in [0.5, 0.6) is 0 Å². The summed E-state index contributed by atoms with van der Waals surface area (Å²) in [7, 11) is 0. The van der Waals surface area contributed by atoms with Crippen molar-refractivity contribution in [1.29, 1.82) is 0 Å². The van der Waals surface area contributed by atoms with Gasteiger partial charge >= 0.3 is 0 Å². The van der Waals surface area contributed by atoms with E-state index in [1.54, 1.807) is 0 Å². The van der Waals surface area contributed by atoms with E-state index in [2.05, 4.69) is 39.8 Å². The summed E-state index contributed by atoms with van der Waals surface area (Å²) in [6.45, 7) is 6.14. The van der Waals surface area contributed by atoms with E-state index in [-0.39, 0.29) is 0 Å². The van der Waals surface area contributed by atoms with Crippen LogP contribution >= 0.6 is 0 Å². The largest absolute Gasteiger partial charge is 0.359 e. The number of aliphatic imine (C=N–C) groups is 1. The lowest BCUT2D eigenvalue weighted by molar-refractivity contribution is 0.374. The Hall–Kier alpha value is -2.30. The minimum atomic E-state index is 0.577. The van der Waals surface area contributed by atoms with Crippen molar-refractivity contribution in [3.63, 3.8) is 0 Å². The zero-order chi connectivity index (χ0) is 14.9. The second-order valence-electron chi connectivity index (χ2n) is 4.67. The average Bonchev–Trinajstić information content (AvgIpc) is 2.99. The van der Waals surface area contributed by atoms with Gasteiger partial charge in [0.05, 0.1) is 18.8 Å². The highest BCUT2D eigenvalue weighted by molar-refractivity contribution is 5.79. The lowest BCUT2D eigenvalue weighted by Crippen LogP contribution is -2.36. The zero-order valence-corrected chi connectivity index (χ0v) is 12.6. The van der Waals surface area contributed by atoms with Crippen LogP contribution in [0.2, 0.25) is 0 Å². The molecule has 5 nitrogen and oxygen atoms in total. The standard InChI is InChI=1S/C16H22N4O/c1-3-14-10-15(21-20-14)12-19-16(17-4-2)18-11-13-8-6-5-7-9-13/h5-10H,3-4,11-12H2,1-2H3,(H2,17,18,19). The van der Waals surface area contributed by atoms with Crippen LogP contribution in [-0.4, -0.2) is 17.7 Å². The molecule has 0 atom stereocenters. The van der Waals surface area contributed by atoms with E-state index in [1.165, 1.54) is 5.56 Å². The molecule has 0 amide bonds. The Bertz CT molecular complexity index is 563. The van der Waals surface area contributed by atoms with E-state index in [9.17, 15) is 0 Å². The summed E-state index contributed by atoms with van der Waals surface area (Å²) in [6, 6.07) is 12.1. The minimum absolute atomic E-state index is 0.577. The fourth-order valence-corrected chi connectivity index (χ4v) is 1.87. The second-order valence-corrected chi connectivity index (χ2v) is 4.67. The van der Waals surface area contributed by atoms with Crippen molar-refractivity contribution in [1.82, 2.24) is 15.8 Å². The number of guanidine groups is 1. The number of aryl methyl sites for hydroxylation is 1. The summed E-state index contributed by atoms with van der Waals surface area (Å²) < 4.78 is 5.25. The van der Waals surface area contributed by atoms with Crippen molar-refractivity contribution in [3.8, 4) is 0 Å². The van der Waals surface area contributed by atoms with Crippen molar-refractivity contribution in [3.05, 3.63) is 53.4 Å². The van der Waals surface area contributed by atoms with Gasteiger partial charge in [0.1, 0.15) is 0 Å². The number of aromatic nitrogens is 1. The average molecular weight is 286 g/mol. The molecule has 0 bridgehead atoms. The highest BCUT2D eigenvalue weighted by Gasteiger charge is 2.04. The van der Waals surface area contributed by atoms with Gasteiger partial charge in [0.15, 0.2) is 11.7 Å². The van der Waals surface area contributed by atoms with Gasteiger partial charge < -0.3 is 15.2 Å². The summed E-state index contributed by atoms with van der Waals surface area (Å²) in [4.78, 5) is 4.56. The molecule has 0 saturated carbocycles. The van der Waals surface area contributed by atoms with Crippen molar-refractivity contribution >= 4 is 5.96 Å². The topological polar surface area (TPSA) is 62.5 Å². The number of hydrogen-bond acceptors (Lipinski definition) is 3. The van der Waals surface area contributed by atoms with E-state index < -0.39 is 0 Å². The van der Waals surface area contributed by atoms with Gasteiger partial charge in [-0.1, -0.05) is 42.4 Å². The van der Waals surface area contributed by atoms with Crippen molar-refractivity contribution in [2.24, 2.45) is 4.99 Å². The Balaban J connectivity index is 1.91. The monoisotopic (exact) mass is 286 g/mol. The molecular formula is C16H22N4O. The number of benzene rings is 1. The number of nitrogens with one attached hydrogen (secondary N) is 2. The van der Waals surface area contributed by atoms with E-state index >= 15 is 0 Å². The zero-order valence-electron chi connectivity index (χ0n) is 12.6. The van der Waals surface area contributed by atoms with Crippen molar-refractivity contribution < 1.29 is 4.52 Å². The molecule has 5 heteroatoms. The second kappa shape index (κ2) is 8.09. The first-order chi connectivity index (χ1) is 10.3. The van der Waals surface area contributed by atoms with E-state index in [0.29, 0.717) is 13.1 Å². The minimum Gasteiger partial charge on any atom is -0.359 e. The van der Waals surface area contributed by atoms with E-state index in [1.807, 2.05) is 31.2 Å². The maximum absolute atomic E-state index is 5.25. The molecule has 2 aromatic rings. The Morgan fingerprint density at radius 2 is 2.00 bits per heavy atom. The van der Waals surface area contributed by atoms with Gasteiger partial charge in [0.2, 0.25) is 0 Å². The van der Waals surface area contributed by atoms with Crippen LogP contribution in [0.1, 0.15) is 30.9 Å². The first-order valence-corrected chi connectivity index (χ1v) is 7.32. The molecule has 0 saturated heterocycles. The Kier molecular flexibility index (Phi) is 5.82. The third-order valence-corrected chi connectivity index (χ3v) is 3.01. The number of rotatable bonds is 6. The number of nitrogens with zero attached hydrogens (tertiary/aromatic N) is 2. The van der Waals surface area contributed by atoms with Gasteiger partial charge in [-0.05, 0) is 18.9 Å². The van der Waals surface area contributed by atoms with Crippen molar-refractivity contribution in [2.45, 2.75) is 33.4 Å². The third kappa shape index (κ3) is 4.95. The fraction of sp³-hybridized carbons (Fsp3) is 0.375. The van der Waals surface area contributed by atoms with Crippen molar-refractivity contribution in [2.75, 3.05) is 6.54 Å². The maximum Gasteiger partial charge on any atom is 0.191 e. The molecule has 1 aromatic heterocycles. The summed E-state index contributed by atoms with van der Waals surface area (Å²) in [5, 5.41) is 10.4. The van der Waals surface area contributed by atoms with Crippen LogP contribution in [0.25, 0.3) is 0 Å². The molecule has 2 N–H and O–H groups in total. The molecular weight excluding hydrogens is 264 g/mol. The van der Waals surface area contributed by atoms with Gasteiger partial charge in [-0.25, -0.2) is 4.99 Å². The Labute approximate surface area is 125 Å². The maximum atomic E-state index is 5.25. The lowest BCUT2D eigenvalue weighted by Gasteiger charge is -2.09. The van der Waals surface area contributed by atoms with Crippen LogP contribution in [-0.2, 0) is 19.5 Å². The normalized spacial score (nSPS) is 11.4. The van der Waals surface area contributed by atoms with Crippen LogP contribution in [0.15, 0.2) is 45.9 Å². The molecule has 2 rings (SSSR count). The van der Waals surface area contributed by atoms with Crippen LogP contribution in [0.4, 0.5) is 0 Å². The lowest BCUT2D eigenvalue weighted by atomic mass is 10.2. The van der Waals surface area contributed by atoms with Gasteiger partial charge in [-0.15, -0.1) is 0 Å². The molecule has 0 fully saturated rings. The molecule has 0 aliphatic heterocycles. The van der Waals surface area contributed by atoms with Gasteiger partial charge in [0.25, 0.3) is 0 Å². The molecule has 1 heterocycles. The first kappa shape index (κ1) is 15.1. The summed E-state index contributed by atoms with van der Waals surface area (Å²) in [6.07, 6.45) is 0.881. The molecule has 0 spiro atoms. The highest BCUT2D eigenvalue weighted by Crippen LogP contribution is 2.04. The predicted molar refractivity (Wildman–Crippen MR) is 84.0 cm³/mol. The molecule has 0 aliphatic rings. The molecule has 1 aromatic carbocycles. The summed E-state index contributed by atoms with van der Waals surface area (Å²) >= 11 is 0. The molecule has 112 valence electrons. The van der Waals surface area contributed by atoms with Gasteiger partial charge in [0, 0.05) is 12.6 Å². The molecule has 0 unspecified atom stereocenters. The third-order valence-electron chi connectivity index (χ3n) is 3.01. The van der Waals surface area contributed by atoms with Crippen LogP contribution in [0, 0.1) is 0 Å². The van der Waals surface area contributed by atoms with E-state index in [4.69, 9.17) is 4.52 Å². The van der Waals surface area contributed by atoms with E-state index in [0.717, 1.165) is 30.4 Å². The summed E-state index contributed by atoms with van der Waals surface area (Å²) in [5.74, 6) is 1.59. The predicted octanol–water partition coefficient (Wildman–Crippen LogP) is 2.49. The number of hydrogen-bond donors (Lipinski definition) is 2. The first-order valence-electron chi connectivity index (χ1n) is 7.32. The SMILES string of the molecule is CCNC(=NCc1ccccc1)NCc1cc(CC)no1. The Morgan fingerprint density at radius 1 is 1.19 bits per heavy atom. The van der Waals surface area contributed by atoms with Crippen LogP contribution < -0.4 is 10.6 Å². The van der Waals surface area contributed by atoms with Crippen LogP contribution in [0.3, 0.4) is 0 Å². The highest BCUT2D eigenvalue weighted by atomic mass is 16.5. The fourth-order valence-electron chi connectivity index (χ4n) is 1.87. The molecule has 0 radical (unpaired) electrons.